The zero-order valence-electron chi connectivity index (χ0n) is 24.5. The van der Waals surface area contributed by atoms with Crippen LogP contribution in [-0.2, 0) is 16.6 Å². The van der Waals surface area contributed by atoms with E-state index in [1.165, 1.54) is 0 Å². The summed E-state index contributed by atoms with van der Waals surface area (Å²) in [6.07, 6.45) is 8.04. The molecule has 0 atom stereocenters. The molecule has 1 aromatic carbocycles. The molecule has 0 unspecified atom stereocenters. The van der Waals surface area contributed by atoms with Crippen LogP contribution in [0.25, 0.3) is 0 Å². The number of hydrogen-bond acceptors (Lipinski definition) is 7. The zero-order valence-corrected chi connectivity index (χ0v) is 25.3. The van der Waals surface area contributed by atoms with Crippen molar-refractivity contribution in [2.45, 2.75) is 89.9 Å². The summed E-state index contributed by atoms with van der Waals surface area (Å²) in [5.41, 5.74) is 2.52. The Bertz CT molecular complexity index is 1240. The van der Waals surface area contributed by atoms with E-state index >= 15 is 0 Å². The second-order valence-corrected chi connectivity index (χ2v) is 13.2. The zero-order chi connectivity index (χ0) is 29.4. The summed E-state index contributed by atoms with van der Waals surface area (Å²) in [5.74, 6) is 1.06. The quantitative estimate of drug-likeness (QED) is 0.350. The fourth-order valence-corrected chi connectivity index (χ4v) is 6.17. The van der Waals surface area contributed by atoms with Crippen LogP contribution in [0.1, 0.15) is 69.5 Å². The SMILES string of the molecule is CCCCN(C(=O)NC1CCC(O)CC1)C1CCN(Cc2ccc(Oc3ccc(NS(C)(=O)=O)cc3)nc2C)CC1. The third kappa shape index (κ3) is 9.58. The van der Waals surface area contributed by atoms with Gasteiger partial charge in [-0.25, -0.2) is 18.2 Å². The molecule has 4 rings (SSSR count). The van der Waals surface area contributed by atoms with Crippen LogP contribution >= 0.6 is 0 Å². The Kier molecular flexibility index (Phi) is 10.9. The Labute approximate surface area is 244 Å². The number of aryl methyl sites for hydroxylation is 1. The first-order chi connectivity index (χ1) is 19.6. The summed E-state index contributed by atoms with van der Waals surface area (Å²) in [6.45, 7) is 7.55. The highest BCUT2D eigenvalue weighted by Gasteiger charge is 2.30. The molecule has 10 nitrogen and oxygen atoms in total. The summed E-state index contributed by atoms with van der Waals surface area (Å²) in [6, 6.07) is 11.1. The van der Waals surface area contributed by atoms with Gasteiger partial charge in [0.1, 0.15) is 5.75 Å². The first-order valence-corrected chi connectivity index (χ1v) is 16.7. The molecule has 2 amide bonds. The molecule has 41 heavy (non-hydrogen) atoms. The largest absolute Gasteiger partial charge is 0.439 e. The highest BCUT2D eigenvalue weighted by molar-refractivity contribution is 7.92. The molecule has 1 aromatic heterocycles. The molecule has 2 aliphatic rings. The van der Waals surface area contributed by atoms with Crippen molar-refractivity contribution in [1.82, 2.24) is 20.1 Å². The summed E-state index contributed by atoms with van der Waals surface area (Å²) in [7, 11) is -3.33. The van der Waals surface area contributed by atoms with Crippen LogP contribution in [0.5, 0.6) is 11.6 Å². The van der Waals surface area contributed by atoms with Crippen molar-refractivity contribution in [2.75, 3.05) is 30.6 Å². The molecular formula is C30H45N5O5S. The third-order valence-electron chi connectivity index (χ3n) is 7.98. The molecule has 11 heteroatoms. The Morgan fingerprint density at radius 2 is 1.76 bits per heavy atom. The van der Waals surface area contributed by atoms with Gasteiger partial charge in [-0.2, -0.15) is 0 Å². The first kappa shape index (κ1) is 31.1. The number of ether oxygens (including phenoxy) is 1. The number of unbranched alkanes of at least 4 members (excludes halogenated alkanes) is 1. The van der Waals surface area contributed by atoms with E-state index in [-0.39, 0.29) is 24.2 Å². The Morgan fingerprint density at radius 3 is 2.37 bits per heavy atom. The number of carbonyl (C=O) groups excluding carboxylic acids is 1. The van der Waals surface area contributed by atoms with E-state index in [1.54, 1.807) is 24.3 Å². The number of hydrogen-bond donors (Lipinski definition) is 3. The number of urea groups is 1. The molecular weight excluding hydrogens is 542 g/mol. The van der Waals surface area contributed by atoms with E-state index < -0.39 is 10.0 Å². The summed E-state index contributed by atoms with van der Waals surface area (Å²) >= 11 is 0. The minimum Gasteiger partial charge on any atom is -0.439 e. The van der Waals surface area contributed by atoms with Gasteiger partial charge in [-0.1, -0.05) is 19.4 Å². The number of rotatable bonds is 11. The lowest BCUT2D eigenvalue weighted by Crippen LogP contribution is -2.53. The van der Waals surface area contributed by atoms with Gasteiger partial charge in [-0.05, 0) is 81.7 Å². The van der Waals surface area contributed by atoms with Gasteiger partial charge in [0.05, 0.1) is 12.4 Å². The van der Waals surface area contributed by atoms with Gasteiger partial charge < -0.3 is 20.1 Å². The van der Waals surface area contributed by atoms with Crippen LogP contribution in [0.2, 0.25) is 0 Å². The average molecular weight is 588 g/mol. The van der Waals surface area contributed by atoms with Crippen molar-refractivity contribution in [3.63, 3.8) is 0 Å². The van der Waals surface area contributed by atoms with Crippen LogP contribution in [0, 0.1) is 6.92 Å². The third-order valence-corrected chi connectivity index (χ3v) is 8.59. The number of piperidine rings is 1. The van der Waals surface area contributed by atoms with Gasteiger partial charge in [-0.15, -0.1) is 0 Å². The van der Waals surface area contributed by atoms with Crippen molar-refractivity contribution >= 4 is 21.7 Å². The predicted molar refractivity (Wildman–Crippen MR) is 161 cm³/mol. The fraction of sp³-hybridized carbons (Fsp3) is 0.600. The number of anilines is 1. The molecule has 1 aliphatic carbocycles. The molecule has 1 aliphatic heterocycles. The number of pyridine rings is 1. The molecule has 0 radical (unpaired) electrons. The smallest absolute Gasteiger partial charge is 0.317 e. The molecule has 0 bridgehead atoms. The number of aliphatic hydroxyl groups is 1. The molecule has 226 valence electrons. The van der Waals surface area contributed by atoms with E-state index in [2.05, 4.69) is 31.7 Å². The van der Waals surface area contributed by atoms with E-state index in [4.69, 9.17) is 4.74 Å². The molecule has 2 heterocycles. The van der Waals surface area contributed by atoms with Crippen molar-refractivity contribution < 1.29 is 23.1 Å². The Morgan fingerprint density at radius 1 is 1.07 bits per heavy atom. The minimum atomic E-state index is -3.33. The number of sulfonamides is 1. The number of carbonyl (C=O) groups is 1. The summed E-state index contributed by atoms with van der Waals surface area (Å²) in [4.78, 5) is 22.4. The van der Waals surface area contributed by atoms with Crippen LogP contribution in [0.4, 0.5) is 10.5 Å². The topological polar surface area (TPSA) is 124 Å². The van der Waals surface area contributed by atoms with Crippen molar-refractivity contribution in [1.29, 1.82) is 0 Å². The van der Waals surface area contributed by atoms with Crippen molar-refractivity contribution in [3.8, 4) is 11.6 Å². The maximum Gasteiger partial charge on any atom is 0.317 e. The van der Waals surface area contributed by atoms with Gasteiger partial charge in [0.25, 0.3) is 0 Å². The van der Waals surface area contributed by atoms with Crippen LogP contribution < -0.4 is 14.8 Å². The molecule has 2 fully saturated rings. The van der Waals surface area contributed by atoms with Gasteiger partial charge in [0, 0.05) is 55.7 Å². The lowest BCUT2D eigenvalue weighted by molar-refractivity contribution is 0.101. The van der Waals surface area contributed by atoms with Gasteiger partial charge >= 0.3 is 6.03 Å². The van der Waals surface area contributed by atoms with E-state index in [0.717, 1.165) is 95.1 Å². The molecule has 1 saturated heterocycles. The number of nitrogens with one attached hydrogen (secondary N) is 2. The lowest BCUT2D eigenvalue weighted by Gasteiger charge is -2.39. The number of nitrogens with zero attached hydrogens (tertiary/aromatic N) is 3. The second-order valence-electron chi connectivity index (χ2n) is 11.4. The summed E-state index contributed by atoms with van der Waals surface area (Å²) < 4.78 is 31.1. The molecule has 1 saturated carbocycles. The fourth-order valence-electron chi connectivity index (χ4n) is 5.60. The number of amides is 2. The highest BCUT2D eigenvalue weighted by atomic mass is 32.2. The molecule has 2 aromatic rings. The van der Waals surface area contributed by atoms with Crippen LogP contribution in [0.3, 0.4) is 0 Å². The van der Waals surface area contributed by atoms with Crippen molar-refractivity contribution in [3.05, 3.63) is 47.7 Å². The number of likely N-dealkylation sites (tertiary alicyclic amines) is 1. The van der Waals surface area contributed by atoms with Crippen LogP contribution in [0.15, 0.2) is 36.4 Å². The number of aromatic nitrogens is 1. The Hall–Kier alpha value is -2.89. The minimum absolute atomic E-state index is 0.0511. The summed E-state index contributed by atoms with van der Waals surface area (Å²) in [5, 5.41) is 13.0. The monoisotopic (exact) mass is 587 g/mol. The maximum atomic E-state index is 13.2. The number of aliphatic hydroxyl groups excluding tert-OH is 1. The second kappa shape index (κ2) is 14.3. The first-order valence-electron chi connectivity index (χ1n) is 14.8. The maximum absolute atomic E-state index is 13.2. The normalized spacial score (nSPS) is 20.4. The van der Waals surface area contributed by atoms with E-state index in [0.29, 0.717) is 17.3 Å². The predicted octanol–water partition coefficient (Wildman–Crippen LogP) is 4.63. The standard InChI is InChI=1S/C30H45N5O5S/c1-4-5-18-35(30(37)32-24-7-11-27(36)12-8-24)26-16-19-34(20-17-26)21-23-6-15-29(31-22(23)2)40-28-13-9-25(10-14-28)33-41(3,38)39/h6,9-10,13-15,24,26-27,33,36H,4-5,7-8,11-12,16-21H2,1-3H3,(H,32,37). The molecule has 3 N–H and O–H groups in total. The average Bonchev–Trinajstić information content (AvgIpc) is 2.93. The van der Waals surface area contributed by atoms with Crippen molar-refractivity contribution in [2.24, 2.45) is 0 Å². The highest BCUT2D eigenvalue weighted by Crippen LogP contribution is 2.25. The Balaban J connectivity index is 1.28. The lowest BCUT2D eigenvalue weighted by atomic mass is 9.93. The molecule has 0 spiro atoms. The van der Waals surface area contributed by atoms with E-state index in [9.17, 15) is 18.3 Å². The van der Waals surface area contributed by atoms with Crippen LogP contribution in [-0.4, -0.2) is 78.4 Å². The van der Waals surface area contributed by atoms with E-state index in [1.807, 2.05) is 19.1 Å². The van der Waals surface area contributed by atoms with Gasteiger partial charge in [0.2, 0.25) is 15.9 Å². The number of benzene rings is 1. The van der Waals surface area contributed by atoms with Gasteiger partial charge in [0.15, 0.2) is 0 Å². The van der Waals surface area contributed by atoms with Gasteiger partial charge in [-0.3, -0.25) is 9.62 Å².